The molecule has 2 N–H and O–H groups in total. The van der Waals surface area contributed by atoms with Gasteiger partial charge in [0.1, 0.15) is 6.26 Å². The zero-order valence-corrected chi connectivity index (χ0v) is 20.2. The smallest absolute Gasteiger partial charge is 0.226 e. The Hall–Kier alpha value is -1.66. The van der Waals surface area contributed by atoms with E-state index in [2.05, 4.69) is 46.5 Å². The number of nitrogens with zero attached hydrogens (tertiary/aromatic N) is 4. The molecule has 3 rings (SSSR count). The van der Waals surface area contributed by atoms with Crippen LogP contribution in [0, 0.1) is 0 Å². The molecular weight excluding hydrogens is 551 g/mol. The van der Waals surface area contributed by atoms with Crippen molar-refractivity contribution in [2.75, 3.05) is 45.1 Å². The van der Waals surface area contributed by atoms with Gasteiger partial charge < -0.3 is 20.1 Å². The molecule has 2 aromatic rings. The van der Waals surface area contributed by atoms with Crippen LogP contribution in [0.2, 0.25) is 0 Å². The van der Waals surface area contributed by atoms with Crippen molar-refractivity contribution in [3.05, 3.63) is 46.8 Å². The van der Waals surface area contributed by atoms with Crippen molar-refractivity contribution >= 4 is 57.5 Å². The van der Waals surface area contributed by atoms with Crippen LogP contribution in [0.1, 0.15) is 12.1 Å². The summed E-state index contributed by atoms with van der Waals surface area (Å²) in [7, 11) is 1.77. The second-order valence-electron chi connectivity index (χ2n) is 6.53. The van der Waals surface area contributed by atoms with Gasteiger partial charge in [-0.1, -0.05) is 21.1 Å². The van der Waals surface area contributed by atoms with Crippen molar-refractivity contribution in [2.45, 2.75) is 13.0 Å². The summed E-state index contributed by atoms with van der Waals surface area (Å²) in [5.41, 5.74) is 1.74. The molecule has 0 saturated carbocycles. The Kier molecular flexibility index (Phi) is 9.88. The monoisotopic (exact) mass is 576 g/mol. The minimum absolute atomic E-state index is 0. The van der Waals surface area contributed by atoms with E-state index in [1.807, 2.05) is 30.3 Å². The number of guanidine groups is 1. The van der Waals surface area contributed by atoms with Crippen LogP contribution in [0.4, 0.5) is 5.69 Å². The minimum Gasteiger partial charge on any atom is -0.364 e. The van der Waals surface area contributed by atoms with E-state index in [1.165, 1.54) is 0 Å². The van der Waals surface area contributed by atoms with Gasteiger partial charge in [0.2, 0.25) is 5.91 Å². The zero-order chi connectivity index (χ0) is 19.8. The predicted molar refractivity (Wildman–Crippen MR) is 128 cm³/mol. The number of benzene rings is 1. The fourth-order valence-corrected chi connectivity index (χ4v) is 3.31. The van der Waals surface area contributed by atoms with Gasteiger partial charge in [-0.05, 0) is 24.3 Å². The lowest BCUT2D eigenvalue weighted by Crippen LogP contribution is -2.52. The SMILES string of the molecule is CN=C(NCCC(=O)Nc1ccc(Br)cc1)N1CCN(Cc2ccon2)CC1.I. The second kappa shape index (κ2) is 12.1. The molecule has 0 bridgehead atoms. The van der Waals surface area contributed by atoms with Crippen LogP contribution >= 0.6 is 39.9 Å². The second-order valence-corrected chi connectivity index (χ2v) is 7.45. The summed E-state index contributed by atoms with van der Waals surface area (Å²) in [6.45, 7) is 4.95. The van der Waals surface area contributed by atoms with Crippen molar-refractivity contribution in [3.63, 3.8) is 0 Å². The fraction of sp³-hybridized carbons (Fsp3) is 0.421. The van der Waals surface area contributed by atoms with Gasteiger partial charge in [0.15, 0.2) is 5.96 Å². The molecule has 1 fully saturated rings. The number of carbonyl (C=O) groups is 1. The van der Waals surface area contributed by atoms with E-state index < -0.39 is 0 Å². The topological polar surface area (TPSA) is 86.0 Å². The van der Waals surface area contributed by atoms with Crippen LogP contribution in [0.3, 0.4) is 0 Å². The highest BCUT2D eigenvalue weighted by atomic mass is 127. The maximum Gasteiger partial charge on any atom is 0.226 e. The van der Waals surface area contributed by atoms with Gasteiger partial charge >= 0.3 is 0 Å². The number of carbonyl (C=O) groups excluding carboxylic acids is 1. The van der Waals surface area contributed by atoms with Crippen LogP contribution < -0.4 is 10.6 Å². The maximum atomic E-state index is 12.1. The van der Waals surface area contributed by atoms with E-state index in [0.717, 1.165) is 54.5 Å². The van der Waals surface area contributed by atoms with Crippen molar-refractivity contribution in [2.24, 2.45) is 4.99 Å². The first-order valence-electron chi connectivity index (χ1n) is 9.26. The number of hydrogen-bond donors (Lipinski definition) is 2. The van der Waals surface area contributed by atoms with E-state index in [4.69, 9.17) is 4.52 Å². The summed E-state index contributed by atoms with van der Waals surface area (Å²) in [5.74, 6) is 0.806. The molecule has 1 aliphatic heterocycles. The molecule has 0 radical (unpaired) electrons. The Balaban J connectivity index is 0.00000300. The third-order valence-corrected chi connectivity index (χ3v) is 5.05. The van der Waals surface area contributed by atoms with Crippen molar-refractivity contribution in [1.82, 2.24) is 20.3 Å². The van der Waals surface area contributed by atoms with Crippen molar-refractivity contribution in [3.8, 4) is 0 Å². The lowest BCUT2D eigenvalue weighted by Gasteiger charge is -2.36. The van der Waals surface area contributed by atoms with Crippen LogP contribution in [0.5, 0.6) is 0 Å². The molecule has 0 aliphatic carbocycles. The first kappa shape index (κ1) is 23.6. The summed E-state index contributed by atoms with van der Waals surface area (Å²) in [5, 5.41) is 10.1. The number of halogens is 2. The van der Waals surface area contributed by atoms with E-state index in [0.29, 0.717) is 13.0 Å². The Bertz CT molecular complexity index is 777. The highest BCUT2D eigenvalue weighted by Crippen LogP contribution is 2.14. The molecule has 0 atom stereocenters. The van der Waals surface area contributed by atoms with E-state index in [9.17, 15) is 4.79 Å². The lowest BCUT2D eigenvalue weighted by atomic mass is 10.3. The van der Waals surface area contributed by atoms with E-state index in [-0.39, 0.29) is 29.9 Å². The molecule has 1 saturated heterocycles. The molecular formula is C19H26BrIN6O2. The van der Waals surface area contributed by atoms with Gasteiger partial charge in [0.05, 0.1) is 5.69 Å². The third-order valence-electron chi connectivity index (χ3n) is 4.52. The summed E-state index contributed by atoms with van der Waals surface area (Å²) in [6, 6.07) is 9.43. The van der Waals surface area contributed by atoms with Gasteiger partial charge in [0, 0.05) is 69.0 Å². The maximum absolute atomic E-state index is 12.1. The first-order valence-corrected chi connectivity index (χ1v) is 10.1. The lowest BCUT2D eigenvalue weighted by molar-refractivity contribution is -0.116. The molecule has 1 aliphatic rings. The number of anilines is 1. The van der Waals surface area contributed by atoms with Gasteiger partial charge in [-0.25, -0.2) is 0 Å². The molecule has 1 amide bonds. The Morgan fingerprint density at radius 3 is 2.55 bits per heavy atom. The van der Waals surface area contributed by atoms with Gasteiger partial charge in [0.25, 0.3) is 0 Å². The summed E-state index contributed by atoms with van der Waals surface area (Å²) in [6.07, 6.45) is 1.98. The molecule has 29 heavy (non-hydrogen) atoms. The molecule has 10 heteroatoms. The molecule has 158 valence electrons. The normalized spacial score (nSPS) is 15.0. The van der Waals surface area contributed by atoms with Gasteiger partial charge in [-0.2, -0.15) is 0 Å². The molecule has 0 spiro atoms. The fourth-order valence-electron chi connectivity index (χ4n) is 3.04. The summed E-state index contributed by atoms with van der Waals surface area (Å²) >= 11 is 3.38. The Morgan fingerprint density at radius 2 is 1.93 bits per heavy atom. The molecule has 8 nitrogen and oxygen atoms in total. The highest BCUT2D eigenvalue weighted by molar-refractivity contribution is 14.0. The molecule has 2 heterocycles. The van der Waals surface area contributed by atoms with Crippen LogP contribution in [0.15, 0.2) is 50.6 Å². The molecule has 0 unspecified atom stereocenters. The predicted octanol–water partition coefficient (Wildman–Crippen LogP) is 2.78. The largest absolute Gasteiger partial charge is 0.364 e. The van der Waals surface area contributed by atoms with Gasteiger partial charge in [-0.15, -0.1) is 24.0 Å². The van der Waals surface area contributed by atoms with E-state index in [1.54, 1.807) is 13.3 Å². The highest BCUT2D eigenvalue weighted by Gasteiger charge is 2.20. The quantitative estimate of drug-likeness (QED) is 0.312. The standard InChI is InChI=1S/C19H25BrN6O2.HI/c1-21-19(22-8-6-18(27)23-16-4-2-15(20)3-5-16)26-11-9-25(10-12-26)14-17-7-13-28-24-17;/h2-5,7,13H,6,8-12,14H2,1H3,(H,21,22)(H,23,27);1H. The van der Waals surface area contributed by atoms with Crippen LogP contribution in [-0.4, -0.2) is 66.6 Å². The average Bonchev–Trinajstić information content (AvgIpc) is 3.21. The average molecular weight is 577 g/mol. The number of amides is 1. The number of aliphatic imine (C=N–C) groups is 1. The number of hydrogen-bond acceptors (Lipinski definition) is 5. The summed E-state index contributed by atoms with van der Waals surface area (Å²) < 4.78 is 5.87. The van der Waals surface area contributed by atoms with Gasteiger partial charge in [-0.3, -0.25) is 14.7 Å². The molecule has 1 aromatic heterocycles. The molecule has 1 aromatic carbocycles. The van der Waals surface area contributed by atoms with Crippen LogP contribution in [0.25, 0.3) is 0 Å². The third kappa shape index (κ3) is 7.59. The Morgan fingerprint density at radius 1 is 1.21 bits per heavy atom. The van der Waals surface area contributed by atoms with Crippen LogP contribution in [-0.2, 0) is 11.3 Å². The minimum atomic E-state index is -0.0253. The van der Waals surface area contributed by atoms with Crippen molar-refractivity contribution in [1.29, 1.82) is 0 Å². The Labute approximate surface area is 196 Å². The number of piperazine rings is 1. The number of aromatic nitrogens is 1. The summed E-state index contributed by atoms with van der Waals surface area (Å²) in [4.78, 5) is 21.0. The van der Waals surface area contributed by atoms with Crippen molar-refractivity contribution < 1.29 is 9.32 Å². The van der Waals surface area contributed by atoms with E-state index >= 15 is 0 Å². The zero-order valence-electron chi connectivity index (χ0n) is 16.3. The number of nitrogens with one attached hydrogen (secondary N) is 2. The number of rotatable bonds is 6. The first-order chi connectivity index (χ1) is 13.6.